The van der Waals surface area contributed by atoms with E-state index in [1.165, 1.54) is 24.8 Å². The first kappa shape index (κ1) is 25.2. The number of thiocarbonyl (C=S) groups is 1. The first-order valence-electron chi connectivity index (χ1n) is 13.6. The number of ether oxygens (including phenoxy) is 1. The topological polar surface area (TPSA) is 65.5 Å². The highest BCUT2D eigenvalue weighted by molar-refractivity contribution is 7.80. The van der Waals surface area contributed by atoms with E-state index >= 15 is 0 Å². The van der Waals surface area contributed by atoms with Crippen LogP contribution in [0, 0.1) is 11.8 Å². The van der Waals surface area contributed by atoms with Gasteiger partial charge in [-0.25, -0.2) is 0 Å². The highest BCUT2D eigenvalue weighted by atomic mass is 32.1. The number of hydrogen-bond donors (Lipinski definition) is 2. The van der Waals surface area contributed by atoms with Gasteiger partial charge in [0.25, 0.3) is 0 Å². The third kappa shape index (κ3) is 5.92. The van der Waals surface area contributed by atoms with Crippen LogP contribution in [0.2, 0.25) is 0 Å². The van der Waals surface area contributed by atoms with Gasteiger partial charge in [-0.15, -0.1) is 0 Å². The van der Waals surface area contributed by atoms with Gasteiger partial charge in [0.1, 0.15) is 11.6 Å². The minimum absolute atomic E-state index is 0.00868. The van der Waals surface area contributed by atoms with Crippen LogP contribution in [-0.2, 0) is 10.2 Å². The van der Waals surface area contributed by atoms with E-state index in [2.05, 4.69) is 70.7 Å². The number of hydrogen-bond acceptors (Lipinski definition) is 6. The smallest absolute Gasteiger partial charge is 0.232 e. The summed E-state index contributed by atoms with van der Waals surface area (Å²) in [5, 5.41) is 7.40. The molecule has 2 aromatic rings. The first-order chi connectivity index (χ1) is 17.5. The van der Waals surface area contributed by atoms with Gasteiger partial charge < -0.3 is 25.2 Å². The number of anilines is 3. The van der Waals surface area contributed by atoms with Gasteiger partial charge >= 0.3 is 0 Å². The Morgan fingerprint density at radius 1 is 1.00 bits per heavy atom. The Hall–Kier alpha value is -2.45. The number of rotatable bonds is 6. The molecule has 7 nitrogen and oxygen atoms in total. The van der Waals surface area contributed by atoms with Crippen LogP contribution in [0.4, 0.5) is 17.6 Å². The summed E-state index contributed by atoms with van der Waals surface area (Å²) in [4.78, 5) is 14.6. The predicted octanol–water partition coefficient (Wildman–Crippen LogP) is 4.59. The van der Waals surface area contributed by atoms with Gasteiger partial charge in [-0.3, -0.25) is 0 Å². The second kappa shape index (κ2) is 11.3. The molecule has 3 saturated heterocycles. The Labute approximate surface area is 221 Å². The van der Waals surface area contributed by atoms with Crippen LogP contribution in [-0.4, -0.2) is 61.0 Å². The fourth-order valence-electron chi connectivity index (χ4n) is 6.11. The lowest BCUT2D eigenvalue weighted by atomic mass is 9.74. The van der Waals surface area contributed by atoms with Gasteiger partial charge in [-0.05, 0) is 61.7 Å². The van der Waals surface area contributed by atoms with E-state index in [0.717, 1.165) is 70.4 Å². The van der Waals surface area contributed by atoms with Crippen molar-refractivity contribution in [1.29, 1.82) is 0 Å². The van der Waals surface area contributed by atoms with Gasteiger partial charge in [0.2, 0.25) is 5.95 Å². The van der Waals surface area contributed by atoms with Crippen molar-refractivity contribution in [3.05, 3.63) is 42.0 Å². The van der Waals surface area contributed by atoms with E-state index < -0.39 is 0 Å². The van der Waals surface area contributed by atoms with Crippen LogP contribution in [0.15, 0.2) is 36.4 Å². The summed E-state index contributed by atoms with van der Waals surface area (Å²) in [5.41, 5.74) is 1.35. The molecule has 0 bridgehead atoms. The molecule has 4 heterocycles. The van der Waals surface area contributed by atoms with E-state index in [9.17, 15) is 0 Å². The maximum absolute atomic E-state index is 5.76. The molecule has 36 heavy (non-hydrogen) atoms. The fraction of sp³-hybridized carbons (Fsp3) is 0.607. The van der Waals surface area contributed by atoms with Crippen molar-refractivity contribution < 1.29 is 4.74 Å². The molecule has 0 amide bonds. The largest absolute Gasteiger partial charge is 0.381 e. The summed E-state index contributed by atoms with van der Waals surface area (Å²) >= 11 is 5.76. The Balaban J connectivity index is 1.32. The third-order valence-corrected chi connectivity index (χ3v) is 8.22. The van der Waals surface area contributed by atoms with Crippen molar-refractivity contribution in [2.75, 3.05) is 61.1 Å². The van der Waals surface area contributed by atoms with Crippen LogP contribution in [0.5, 0.6) is 0 Å². The zero-order valence-electron chi connectivity index (χ0n) is 21.7. The number of nitrogens with one attached hydrogen (secondary N) is 2. The van der Waals surface area contributed by atoms with Crippen LogP contribution in [0.25, 0.3) is 0 Å². The van der Waals surface area contributed by atoms with Crippen molar-refractivity contribution in [3.8, 4) is 0 Å². The van der Waals surface area contributed by atoms with Gasteiger partial charge in [0.15, 0.2) is 5.11 Å². The zero-order valence-corrected chi connectivity index (χ0v) is 22.5. The maximum atomic E-state index is 5.76. The summed E-state index contributed by atoms with van der Waals surface area (Å²) < 4.78 is 5.69. The van der Waals surface area contributed by atoms with Gasteiger partial charge in [-0.1, -0.05) is 44.2 Å². The van der Waals surface area contributed by atoms with Gasteiger partial charge in [0, 0.05) is 57.4 Å². The van der Waals surface area contributed by atoms with E-state index in [1.54, 1.807) is 0 Å². The molecule has 0 saturated carbocycles. The van der Waals surface area contributed by atoms with E-state index in [0.29, 0.717) is 22.9 Å². The minimum atomic E-state index is 0.00868. The highest BCUT2D eigenvalue weighted by Crippen LogP contribution is 2.34. The molecular weight excluding hydrogens is 468 g/mol. The minimum Gasteiger partial charge on any atom is -0.381 e. The number of piperidine rings is 1. The normalized spacial score (nSPS) is 23.9. The van der Waals surface area contributed by atoms with Crippen LogP contribution in [0.1, 0.15) is 51.5 Å². The van der Waals surface area contributed by atoms with Crippen molar-refractivity contribution in [2.45, 2.75) is 51.4 Å². The highest BCUT2D eigenvalue weighted by Gasteiger charge is 2.34. The zero-order chi connectivity index (χ0) is 25.0. The molecule has 0 aliphatic carbocycles. The Morgan fingerprint density at radius 2 is 1.64 bits per heavy atom. The average molecular weight is 509 g/mol. The molecule has 3 aliphatic heterocycles. The van der Waals surface area contributed by atoms with Gasteiger partial charge in [-0.2, -0.15) is 9.97 Å². The lowest BCUT2D eigenvalue weighted by molar-refractivity contribution is 0.0515. The molecule has 0 unspecified atom stereocenters. The Kier molecular flexibility index (Phi) is 7.91. The number of aromatic nitrogens is 2. The predicted molar refractivity (Wildman–Crippen MR) is 151 cm³/mol. The molecule has 1 aromatic heterocycles. The molecule has 0 spiro atoms. The maximum Gasteiger partial charge on any atom is 0.232 e. The molecule has 2 N–H and O–H groups in total. The first-order valence-corrected chi connectivity index (χ1v) is 14.0. The molecule has 2 atom stereocenters. The quantitative estimate of drug-likeness (QED) is 0.549. The molecule has 3 aliphatic rings. The molecule has 194 valence electrons. The van der Waals surface area contributed by atoms with E-state index in [1.807, 2.05) is 0 Å². The second-order valence-electron chi connectivity index (χ2n) is 11.0. The monoisotopic (exact) mass is 508 g/mol. The standard InChI is InChI=1S/C28H40N6OS/c1-21-16-22(2)19-34(18-21)25-17-24(33-12-6-7-13-33)30-26(31-25)32-27(36)29-20-28(10-14-35-15-11-28)23-8-4-3-5-9-23/h3-5,8-9,17,21-22H,6-7,10-16,18-20H2,1-2H3,(H2,29,30,31,32,36)/t21-,22-/m0/s1. The summed E-state index contributed by atoms with van der Waals surface area (Å²) in [7, 11) is 0. The summed E-state index contributed by atoms with van der Waals surface area (Å²) in [6, 6.07) is 12.9. The summed E-state index contributed by atoms with van der Waals surface area (Å²) in [6.45, 7) is 11.1. The number of nitrogens with zero attached hydrogens (tertiary/aromatic N) is 4. The molecule has 5 rings (SSSR count). The molecule has 8 heteroatoms. The van der Waals surface area contributed by atoms with Crippen molar-refractivity contribution in [1.82, 2.24) is 15.3 Å². The molecule has 1 aromatic carbocycles. The Bertz CT molecular complexity index is 1010. The second-order valence-corrected chi connectivity index (χ2v) is 11.4. The van der Waals surface area contributed by atoms with Crippen LogP contribution >= 0.6 is 12.2 Å². The third-order valence-electron chi connectivity index (χ3n) is 7.97. The van der Waals surface area contributed by atoms with Crippen LogP contribution < -0.4 is 20.4 Å². The van der Waals surface area contributed by atoms with Crippen molar-refractivity contribution in [2.24, 2.45) is 11.8 Å². The van der Waals surface area contributed by atoms with E-state index in [4.69, 9.17) is 26.9 Å². The van der Waals surface area contributed by atoms with Crippen molar-refractivity contribution in [3.63, 3.8) is 0 Å². The summed E-state index contributed by atoms with van der Waals surface area (Å²) in [6.07, 6.45) is 5.65. The fourth-order valence-corrected chi connectivity index (χ4v) is 6.28. The number of benzene rings is 1. The van der Waals surface area contributed by atoms with Gasteiger partial charge in [0.05, 0.1) is 0 Å². The van der Waals surface area contributed by atoms with E-state index in [-0.39, 0.29) is 5.41 Å². The molecule has 3 fully saturated rings. The molecular formula is C28H40N6OS. The van der Waals surface area contributed by atoms with Crippen molar-refractivity contribution >= 4 is 34.9 Å². The SMILES string of the molecule is C[C@H]1C[C@H](C)CN(c2cc(N3CCCC3)nc(NC(=S)NCC3(c4ccccc4)CCOCC3)n2)C1. The molecule has 0 radical (unpaired) electrons. The Morgan fingerprint density at radius 3 is 2.31 bits per heavy atom. The lowest BCUT2D eigenvalue weighted by Crippen LogP contribution is -2.45. The summed E-state index contributed by atoms with van der Waals surface area (Å²) in [5.74, 6) is 3.90. The van der Waals surface area contributed by atoms with Crippen LogP contribution in [0.3, 0.4) is 0 Å². The average Bonchev–Trinajstić information content (AvgIpc) is 3.43. The lowest BCUT2D eigenvalue weighted by Gasteiger charge is -2.38.